The Balaban J connectivity index is 1.45. The lowest BCUT2D eigenvalue weighted by molar-refractivity contribution is -0.305. The average Bonchev–Trinajstić information content (AvgIpc) is 3.39. The molecule has 0 bridgehead atoms. The second-order valence-electron chi connectivity index (χ2n) is 11.1. The van der Waals surface area contributed by atoms with Gasteiger partial charge in [0.1, 0.15) is 28.0 Å². The fourth-order valence-electron chi connectivity index (χ4n) is 5.13. The van der Waals surface area contributed by atoms with Crippen molar-refractivity contribution in [1.29, 1.82) is 0 Å². The number of rotatable bonds is 8. The summed E-state index contributed by atoms with van der Waals surface area (Å²) in [6, 6.07) is 13.3. The molecule has 0 saturated carbocycles. The van der Waals surface area contributed by atoms with Crippen LogP contribution < -0.4 is 14.5 Å². The highest BCUT2D eigenvalue weighted by atomic mass is 32.2. The molecule has 1 fully saturated rings. The summed E-state index contributed by atoms with van der Waals surface area (Å²) in [4.78, 5) is 28.2. The number of aliphatic hydroxyl groups is 1. The standard InChI is InChI=1S/C31H33NO11S/c1-16-7-10-19(11-8-16)44(36,37)43-23-15-24(33)40-26-18(3)22(14-12-20(23)26)39-30-25(34)27(28(38-6)31(4,5)42-30)41-29(35)21-13-9-17(2)32-21/h7-15,25,27-28,30,32,34H,1-6H3/t25-,27+,28+,30-/m1/s1. The number of aliphatic hydroxyl groups excluding tert-OH is 1. The minimum atomic E-state index is -4.27. The van der Waals surface area contributed by atoms with Crippen molar-refractivity contribution in [3.63, 3.8) is 0 Å². The van der Waals surface area contributed by atoms with Crippen LogP contribution in [0, 0.1) is 20.8 Å². The van der Waals surface area contributed by atoms with E-state index >= 15 is 0 Å². The van der Waals surface area contributed by atoms with E-state index in [9.17, 15) is 23.1 Å². The molecule has 2 aromatic heterocycles. The molecule has 1 aliphatic heterocycles. The zero-order chi connectivity index (χ0) is 32.0. The second-order valence-corrected chi connectivity index (χ2v) is 12.7. The average molecular weight is 628 g/mol. The highest BCUT2D eigenvalue weighted by Gasteiger charge is 2.53. The maximum Gasteiger partial charge on any atom is 0.355 e. The summed E-state index contributed by atoms with van der Waals surface area (Å²) in [7, 11) is -2.85. The van der Waals surface area contributed by atoms with Crippen LogP contribution in [-0.2, 0) is 24.3 Å². The van der Waals surface area contributed by atoms with Crippen LogP contribution in [-0.4, -0.2) is 61.8 Å². The van der Waals surface area contributed by atoms with Crippen LogP contribution >= 0.6 is 0 Å². The van der Waals surface area contributed by atoms with Crippen LogP contribution in [0.5, 0.6) is 11.5 Å². The molecule has 0 radical (unpaired) electrons. The minimum absolute atomic E-state index is 0.00789. The Labute approximate surface area is 253 Å². The molecule has 1 saturated heterocycles. The third-order valence-electron chi connectivity index (χ3n) is 7.39. The number of H-pyrrole nitrogens is 1. The first-order valence-electron chi connectivity index (χ1n) is 13.7. The molecule has 4 atom stereocenters. The van der Waals surface area contributed by atoms with Gasteiger partial charge in [-0.3, -0.25) is 0 Å². The van der Waals surface area contributed by atoms with E-state index in [1.165, 1.54) is 31.4 Å². The van der Waals surface area contributed by atoms with Gasteiger partial charge in [-0.2, -0.15) is 8.42 Å². The van der Waals surface area contributed by atoms with Crippen molar-refractivity contribution in [3.05, 3.63) is 87.5 Å². The zero-order valence-corrected chi connectivity index (χ0v) is 25.8. The Morgan fingerprint density at radius 2 is 1.70 bits per heavy atom. The lowest BCUT2D eigenvalue weighted by Crippen LogP contribution is -2.65. The Morgan fingerprint density at radius 1 is 1.00 bits per heavy atom. The summed E-state index contributed by atoms with van der Waals surface area (Å²) in [6.45, 7) is 8.60. The summed E-state index contributed by atoms with van der Waals surface area (Å²) in [5.41, 5.74) is 0.202. The van der Waals surface area contributed by atoms with Crippen molar-refractivity contribution in [2.75, 3.05) is 7.11 Å². The second kappa shape index (κ2) is 11.7. The van der Waals surface area contributed by atoms with Crippen molar-refractivity contribution in [2.24, 2.45) is 0 Å². The molecule has 1 aliphatic rings. The highest BCUT2D eigenvalue weighted by molar-refractivity contribution is 7.87. The number of aromatic nitrogens is 1. The number of benzene rings is 2. The lowest BCUT2D eigenvalue weighted by Gasteiger charge is -2.47. The van der Waals surface area contributed by atoms with Crippen LogP contribution in [0.3, 0.4) is 0 Å². The first-order chi connectivity index (χ1) is 20.7. The van der Waals surface area contributed by atoms with Gasteiger partial charge in [-0.1, -0.05) is 17.7 Å². The Hall–Kier alpha value is -4.17. The van der Waals surface area contributed by atoms with Gasteiger partial charge in [-0.15, -0.1) is 0 Å². The van der Waals surface area contributed by atoms with Crippen molar-refractivity contribution in [3.8, 4) is 11.5 Å². The van der Waals surface area contributed by atoms with Gasteiger partial charge in [0.15, 0.2) is 18.0 Å². The third kappa shape index (κ3) is 6.09. The molecular formula is C31H33NO11S. The molecule has 0 unspecified atom stereocenters. The molecule has 234 valence electrons. The van der Waals surface area contributed by atoms with Gasteiger partial charge in [0.25, 0.3) is 0 Å². The summed E-state index contributed by atoms with van der Waals surface area (Å²) in [5.74, 6) is -0.770. The van der Waals surface area contributed by atoms with Crippen molar-refractivity contribution in [2.45, 2.75) is 69.7 Å². The Kier molecular flexibility index (Phi) is 8.33. The van der Waals surface area contributed by atoms with E-state index in [2.05, 4.69) is 4.98 Å². The number of nitrogens with one attached hydrogen (secondary N) is 1. The maximum atomic E-state index is 13.0. The highest BCUT2D eigenvalue weighted by Crippen LogP contribution is 2.38. The number of esters is 1. The van der Waals surface area contributed by atoms with Gasteiger partial charge in [0.2, 0.25) is 6.29 Å². The molecule has 0 spiro atoms. The molecule has 44 heavy (non-hydrogen) atoms. The predicted octanol–water partition coefficient (Wildman–Crippen LogP) is 3.93. The monoisotopic (exact) mass is 627 g/mol. The number of aryl methyl sites for hydroxylation is 3. The minimum Gasteiger partial charge on any atom is -0.462 e. The Morgan fingerprint density at radius 3 is 2.34 bits per heavy atom. The summed E-state index contributed by atoms with van der Waals surface area (Å²) in [5, 5.41) is 11.5. The number of ether oxygens (including phenoxy) is 4. The van der Waals surface area contributed by atoms with Gasteiger partial charge in [0.05, 0.1) is 17.1 Å². The van der Waals surface area contributed by atoms with Gasteiger partial charge < -0.3 is 37.6 Å². The zero-order valence-electron chi connectivity index (χ0n) is 24.9. The molecule has 0 amide bonds. The fraction of sp³-hybridized carbons (Fsp3) is 0.355. The molecule has 4 aromatic rings. The summed E-state index contributed by atoms with van der Waals surface area (Å²) < 4.78 is 60.1. The number of aromatic amines is 1. The molecular weight excluding hydrogens is 594 g/mol. The number of hydrogen-bond donors (Lipinski definition) is 2. The van der Waals surface area contributed by atoms with Crippen LogP contribution in [0.25, 0.3) is 11.0 Å². The van der Waals surface area contributed by atoms with Crippen LogP contribution in [0.4, 0.5) is 0 Å². The van der Waals surface area contributed by atoms with Gasteiger partial charge in [-0.25, -0.2) is 9.59 Å². The first kappa shape index (κ1) is 31.3. The maximum absolute atomic E-state index is 13.0. The Bertz CT molecular complexity index is 1860. The van der Waals surface area contributed by atoms with E-state index < -0.39 is 51.9 Å². The van der Waals surface area contributed by atoms with Crippen molar-refractivity contribution < 1.29 is 45.9 Å². The molecule has 12 nitrogen and oxygen atoms in total. The largest absolute Gasteiger partial charge is 0.462 e. The van der Waals surface area contributed by atoms with E-state index in [4.69, 9.17) is 27.5 Å². The van der Waals surface area contributed by atoms with Crippen LogP contribution in [0.1, 0.15) is 41.2 Å². The molecule has 13 heteroatoms. The number of methoxy groups -OCH3 is 1. The number of fused-ring (bicyclic) bond motifs is 1. The molecule has 3 heterocycles. The van der Waals surface area contributed by atoms with Crippen molar-refractivity contribution >= 4 is 27.1 Å². The van der Waals surface area contributed by atoms with E-state index in [0.29, 0.717) is 5.56 Å². The van der Waals surface area contributed by atoms with E-state index in [1.807, 2.05) is 6.92 Å². The van der Waals surface area contributed by atoms with Crippen LogP contribution in [0.15, 0.2) is 68.7 Å². The molecule has 2 aromatic carbocycles. The topological polar surface area (TPSA) is 164 Å². The molecule has 0 aliphatic carbocycles. The van der Waals surface area contributed by atoms with E-state index in [1.54, 1.807) is 52.0 Å². The third-order valence-corrected chi connectivity index (χ3v) is 8.64. The first-order valence-corrected chi connectivity index (χ1v) is 15.1. The number of carbonyl (C=O) groups excluding carboxylic acids is 1. The fourth-order valence-corrected chi connectivity index (χ4v) is 6.07. The normalized spacial score (nSPS) is 21.6. The summed E-state index contributed by atoms with van der Waals surface area (Å²) in [6.07, 6.45) is -4.88. The molecule has 2 N–H and O–H groups in total. The van der Waals surface area contributed by atoms with E-state index in [-0.39, 0.29) is 33.1 Å². The predicted molar refractivity (Wildman–Crippen MR) is 157 cm³/mol. The van der Waals surface area contributed by atoms with Gasteiger partial charge in [-0.05, 0) is 71.0 Å². The lowest BCUT2D eigenvalue weighted by atomic mass is 9.89. The van der Waals surface area contributed by atoms with Crippen LogP contribution in [0.2, 0.25) is 0 Å². The quantitative estimate of drug-likeness (QED) is 0.165. The molecule has 5 rings (SSSR count). The SMILES string of the molecule is CO[C@H]1[C@@H](OC(=O)c2ccc(C)[nH]2)[C@@H](O)[C@H](Oc2ccc3c(OS(=O)(=O)c4ccc(C)cc4)cc(=O)oc3c2C)OC1(C)C. The number of hydrogen-bond acceptors (Lipinski definition) is 11. The summed E-state index contributed by atoms with van der Waals surface area (Å²) >= 11 is 0. The smallest absolute Gasteiger partial charge is 0.355 e. The van der Waals surface area contributed by atoms with E-state index in [0.717, 1.165) is 17.3 Å². The van der Waals surface area contributed by atoms with Gasteiger partial charge in [0, 0.05) is 18.4 Å². The van der Waals surface area contributed by atoms with Gasteiger partial charge >= 0.3 is 21.7 Å². The number of carbonyl (C=O) groups is 1. The van der Waals surface area contributed by atoms with Crippen molar-refractivity contribution in [1.82, 2.24) is 4.98 Å².